The topological polar surface area (TPSA) is 108 Å². The van der Waals surface area contributed by atoms with Gasteiger partial charge in [0.2, 0.25) is 5.82 Å². The minimum absolute atomic E-state index is 0.135. The Morgan fingerprint density at radius 1 is 1.40 bits per heavy atom. The number of nitrogens with one attached hydrogen (secondary N) is 1. The van der Waals surface area contributed by atoms with E-state index in [2.05, 4.69) is 41.5 Å². The van der Waals surface area contributed by atoms with E-state index in [1.165, 1.54) is 0 Å². The van der Waals surface area contributed by atoms with Crippen molar-refractivity contribution in [2.24, 2.45) is 0 Å². The van der Waals surface area contributed by atoms with Gasteiger partial charge < -0.3 is 9.30 Å². The first-order chi connectivity index (χ1) is 11.8. The van der Waals surface area contributed by atoms with E-state index in [1.54, 1.807) is 27.0 Å². The van der Waals surface area contributed by atoms with Crippen molar-refractivity contribution >= 4 is 39.0 Å². The van der Waals surface area contributed by atoms with Crippen molar-refractivity contribution in [2.45, 2.75) is 39.8 Å². The normalized spacial score (nSPS) is 11.7. The Bertz CT molecular complexity index is 927. The minimum Gasteiger partial charge on any atom is -0.444 e. The molecular weight excluding hydrogens is 392 g/mol. The molecular formula is C15H17BrN6O3. The molecule has 10 heteroatoms. The van der Waals surface area contributed by atoms with Crippen LogP contribution in [-0.4, -0.2) is 36.5 Å². The maximum atomic E-state index is 12.0. The molecule has 0 bridgehead atoms. The zero-order valence-corrected chi connectivity index (χ0v) is 15.8. The molecule has 9 nitrogen and oxygen atoms in total. The Morgan fingerprint density at radius 3 is 2.84 bits per heavy atom. The molecule has 0 atom stereocenters. The van der Waals surface area contributed by atoms with Gasteiger partial charge in [-0.1, -0.05) is 0 Å². The molecule has 0 radical (unpaired) electrons. The number of hydrogen-bond donors (Lipinski definition) is 1. The highest BCUT2D eigenvalue weighted by Gasteiger charge is 2.24. The summed E-state index contributed by atoms with van der Waals surface area (Å²) in [5.74, 6) is 0.625. The number of amides is 1. The lowest BCUT2D eigenvalue weighted by molar-refractivity contribution is 0.0634. The lowest BCUT2D eigenvalue weighted by Crippen LogP contribution is -2.27. The summed E-state index contributed by atoms with van der Waals surface area (Å²) in [6.45, 7) is 7.91. The van der Waals surface area contributed by atoms with Gasteiger partial charge in [-0.15, -0.1) is 0 Å². The summed E-state index contributed by atoms with van der Waals surface area (Å²) in [6, 6.07) is 1.83. The molecule has 1 amide bonds. The fourth-order valence-corrected chi connectivity index (χ4v) is 2.83. The standard InChI is InChI=1S/C15H17BrN6O3/c1-5-22-10-8(16)6-7-17-12(10)18-13(22)9-11(21-25-20-9)19-14(23)24-15(2,3)4/h6-7H,5H2,1-4H3,(H,19,21,23). The average molecular weight is 409 g/mol. The Morgan fingerprint density at radius 2 is 2.16 bits per heavy atom. The highest BCUT2D eigenvalue weighted by molar-refractivity contribution is 9.10. The number of anilines is 1. The van der Waals surface area contributed by atoms with Crippen LogP contribution >= 0.6 is 15.9 Å². The molecule has 0 aliphatic rings. The molecule has 0 saturated heterocycles. The molecule has 3 aromatic heterocycles. The molecule has 0 unspecified atom stereocenters. The molecule has 0 aliphatic carbocycles. The van der Waals surface area contributed by atoms with Gasteiger partial charge in [0.1, 0.15) is 11.1 Å². The molecule has 1 N–H and O–H groups in total. The van der Waals surface area contributed by atoms with Crippen molar-refractivity contribution in [2.75, 3.05) is 5.32 Å². The fraction of sp³-hybridized carbons (Fsp3) is 0.400. The monoisotopic (exact) mass is 408 g/mol. The van der Waals surface area contributed by atoms with E-state index >= 15 is 0 Å². The van der Waals surface area contributed by atoms with Crippen molar-refractivity contribution in [3.8, 4) is 11.5 Å². The van der Waals surface area contributed by atoms with Crippen molar-refractivity contribution < 1.29 is 14.2 Å². The Kier molecular flexibility index (Phi) is 4.46. The van der Waals surface area contributed by atoms with Crippen molar-refractivity contribution in [1.29, 1.82) is 0 Å². The van der Waals surface area contributed by atoms with Gasteiger partial charge in [0.25, 0.3) is 0 Å². The van der Waals surface area contributed by atoms with E-state index < -0.39 is 11.7 Å². The van der Waals surface area contributed by atoms with E-state index in [-0.39, 0.29) is 5.82 Å². The maximum Gasteiger partial charge on any atom is 0.413 e. The highest BCUT2D eigenvalue weighted by Crippen LogP contribution is 2.30. The van der Waals surface area contributed by atoms with Crippen LogP contribution < -0.4 is 5.32 Å². The number of carbonyl (C=O) groups is 1. The number of aryl methyl sites for hydroxylation is 1. The Hall–Kier alpha value is -2.49. The summed E-state index contributed by atoms with van der Waals surface area (Å²) in [5.41, 5.74) is 1.05. The van der Waals surface area contributed by atoms with Crippen LogP contribution in [0.2, 0.25) is 0 Å². The van der Waals surface area contributed by atoms with Crippen LogP contribution in [0.3, 0.4) is 0 Å². The number of halogens is 1. The first-order valence-corrected chi connectivity index (χ1v) is 8.43. The number of ether oxygens (including phenoxy) is 1. The van der Waals surface area contributed by atoms with Gasteiger partial charge in [0.15, 0.2) is 17.2 Å². The van der Waals surface area contributed by atoms with Gasteiger partial charge in [-0.05, 0) is 60.0 Å². The van der Waals surface area contributed by atoms with E-state index in [9.17, 15) is 4.79 Å². The summed E-state index contributed by atoms with van der Waals surface area (Å²) in [5, 5.41) is 10.2. The predicted octanol–water partition coefficient (Wildman–Crippen LogP) is 3.61. The van der Waals surface area contributed by atoms with Crippen LogP contribution in [-0.2, 0) is 11.3 Å². The van der Waals surface area contributed by atoms with Crippen LogP contribution in [0.4, 0.5) is 10.6 Å². The van der Waals surface area contributed by atoms with E-state index in [0.717, 1.165) is 9.99 Å². The number of aromatic nitrogens is 5. The molecule has 0 spiro atoms. The molecule has 0 fully saturated rings. The predicted molar refractivity (Wildman–Crippen MR) is 94.1 cm³/mol. The van der Waals surface area contributed by atoms with E-state index in [4.69, 9.17) is 9.37 Å². The van der Waals surface area contributed by atoms with Crippen LogP contribution in [0.1, 0.15) is 27.7 Å². The summed E-state index contributed by atoms with van der Waals surface area (Å²) in [7, 11) is 0. The smallest absolute Gasteiger partial charge is 0.413 e. The number of hydrogen-bond acceptors (Lipinski definition) is 7. The highest BCUT2D eigenvalue weighted by atomic mass is 79.9. The number of pyridine rings is 1. The summed E-state index contributed by atoms with van der Waals surface area (Å²) >= 11 is 3.51. The van der Waals surface area contributed by atoms with Crippen LogP contribution in [0.5, 0.6) is 0 Å². The summed E-state index contributed by atoms with van der Waals surface area (Å²) < 4.78 is 12.8. The van der Waals surface area contributed by atoms with E-state index in [1.807, 2.05) is 17.6 Å². The molecule has 0 aromatic carbocycles. The minimum atomic E-state index is -0.650. The van der Waals surface area contributed by atoms with Gasteiger partial charge in [-0.3, -0.25) is 5.32 Å². The maximum absolute atomic E-state index is 12.0. The summed E-state index contributed by atoms with van der Waals surface area (Å²) in [4.78, 5) is 20.8. The Balaban J connectivity index is 2.02. The number of fused-ring (bicyclic) bond motifs is 1. The third-order valence-corrected chi connectivity index (χ3v) is 3.87. The zero-order valence-electron chi connectivity index (χ0n) is 14.2. The Labute approximate surface area is 151 Å². The van der Waals surface area contributed by atoms with Gasteiger partial charge in [-0.25, -0.2) is 19.4 Å². The first-order valence-electron chi connectivity index (χ1n) is 7.64. The fourth-order valence-electron chi connectivity index (χ4n) is 2.32. The van der Waals surface area contributed by atoms with Gasteiger partial charge >= 0.3 is 6.09 Å². The molecule has 25 heavy (non-hydrogen) atoms. The molecule has 0 saturated carbocycles. The second-order valence-electron chi connectivity index (χ2n) is 6.23. The summed E-state index contributed by atoms with van der Waals surface area (Å²) in [6.07, 6.45) is 1.01. The average Bonchev–Trinajstić information content (AvgIpc) is 3.09. The second-order valence-corrected chi connectivity index (χ2v) is 7.09. The largest absolute Gasteiger partial charge is 0.444 e. The lowest BCUT2D eigenvalue weighted by atomic mass is 10.2. The third-order valence-electron chi connectivity index (χ3n) is 3.23. The lowest BCUT2D eigenvalue weighted by Gasteiger charge is -2.19. The number of nitrogens with zero attached hydrogens (tertiary/aromatic N) is 5. The molecule has 3 aromatic rings. The second kappa shape index (κ2) is 6.43. The number of imidazole rings is 1. The van der Waals surface area contributed by atoms with Gasteiger partial charge in [0.05, 0.1) is 0 Å². The molecule has 0 aliphatic heterocycles. The quantitative estimate of drug-likeness (QED) is 0.704. The third kappa shape index (κ3) is 3.48. The zero-order chi connectivity index (χ0) is 18.2. The molecule has 3 heterocycles. The van der Waals surface area contributed by atoms with Crippen LogP contribution in [0.25, 0.3) is 22.7 Å². The van der Waals surface area contributed by atoms with Crippen LogP contribution in [0, 0.1) is 0 Å². The van der Waals surface area contributed by atoms with Crippen LogP contribution in [0.15, 0.2) is 21.4 Å². The van der Waals surface area contributed by atoms with Gasteiger partial charge in [0, 0.05) is 17.2 Å². The number of carbonyl (C=O) groups excluding carboxylic acids is 1. The van der Waals surface area contributed by atoms with Crippen molar-refractivity contribution in [3.05, 3.63) is 16.7 Å². The van der Waals surface area contributed by atoms with E-state index in [0.29, 0.717) is 23.7 Å². The SMILES string of the molecule is CCn1c(-c2nonc2NC(=O)OC(C)(C)C)nc2nccc(Br)c21. The number of rotatable bonds is 3. The van der Waals surface area contributed by atoms with Gasteiger partial charge in [-0.2, -0.15) is 0 Å². The van der Waals surface area contributed by atoms with Crippen molar-refractivity contribution in [1.82, 2.24) is 24.8 Å². The van der Waals surface area contributed by atoms with Crippen molar-refractivity contribution in [3.63, 3.8) is 0 Å². The first kappa shape index (κ1) is 17.3. The molecule has 132 valence electrons. The molecule has 3 rings (SSSR count).